The van der Waals surface area contributed by atoms with Gasteiger partial charge in [0.15, 0.2) is 11.6 Å². The molecule has 0 atom stereocenters. The monoisotopic (exact) mass is 179 g/mol. The fourth-order valence-corrected chi connectivity index (χ4v) is 1.49. The maximum absolute atomic E-state index is 13.2. The first-order chi connectivity index (χ1) is 6.24. The minimum Gasteiger partial charge on any atom is -0.492 e. The van der Waals surface area contributed by atoms with E-state index in [-0.39, 0.29) is 11.6 Å². The lowest BCUT2D eigenvalue weighted by Gasteiger charge is -2.02. The van der Waals surface area contributed by atoms with Gasteiger partial charge < -0.3 is 9.72 Å². The molecule has 0 radical (unpaired) electrons. The van der Waals surface area contributed by atoms with Crippen LogP contribution in [0.1, 0.15) is 5.56 Å². The number of benzene rings is 1. The Bertz CT molecular complexity index is 447. The highest BCUT2D eigenvalue weighted by Gasteiger charge is 2.09. The van der Waals surface area contributed by atoms with Crippen LogP contribution in [0.15, 0.2) is 18.3 Å². The predicted molar refractivity (Wildman–Crippen MR) is 49.5 cm³/mol. The van der Waals surface area contributed by atoms with Gasteiger partial charge in [0.1, 0.15) is 0 Å². The minimum atomic E-state index is -0.336. The van der Waals surface area contributed by atoms with Crippen LogP contribution in [0.5, 0.6) is 5.75 Å². The fraction of sp³-hybridized carbons (Fsp3) is 0.200. The second-order valence-electron chi connectivity index (χ2n) is 2.97. The second-order valence-corrected chi connectivity index (χ2v) is 2.97. The molecule has 0 aliphatic rings. The molecule has 1 N–H and O–H groups in total. The highest BCUT2D eigenvalue weighted by atomic mass is 19.1. The molecule has 13 heavy (non-hydrogen) atoms. The zero-order valence-electron chi connectivity index (χ0n) is 7.52. The summed E-state index contributed by atoms with van der Waals surface area (Å²) < 4.78 is 18.1. The van der Waals surface area contributed by atoms with Crippen molar-refractivity contribution in [2.24, 2.45) is 0 Å². The molecule has 0 saturated heterocycles. The van der Waals surface area contributed by atoms with E-state index in [4.69, 9.17) is 4.74 Å². The van der Waals surface area contributed by atoms with Gasteiger partial charge in [-0.25, -0.2) is 4.39 Å². The van der Waals surface area contributed by atoms with E-state index in [9.17, 15) is 4.39 Å². The number of rotatable bonds is 1. The fourth-order valence-electron chi connectivity index (χ4n) is 1.49. The molecule has 0 bridgehead atoms. The third-order valence-electron chi connectivity index (χ3n) is 2.17. The first kappa shape index (κ1) is 8.10. The van der Waals surface area contributed by atoms with E-state index >= 15 is 0 Å². The Balaban J connectivity index is 2.85. The molecule has 0 spiro atoms. The van der Waals surface area contributed by atoms with Crippen LogP contribution in [-0.4, -0.2) is 12.1 Å². The zero-order valence-corrected chi connectivity index (χ0v) is 7.52. The van der Waals surface area contributed by atoms with E-state index < -0.39 is 0 Å². The molecule has 0 amide bonds. The van der Waals surface area contributed by atoms with Crippen molar-refractivity contribution in [3.05, 3.63) is 29.7 Å². The van der Waals surface area contributed by atoms with Gasteiger partial charge in [0.05, 0.1) is 12.6 Å². The van der Waals surface area contributed by atoms with Gasteiger partial charge in [0, 0.05) is 11.6 Å². The number of hydrogen-bond acceptors (Lipinski definition) is 1. The van der Waals surface area contributed by atoms with Crippen molar-refractivity contribution < 1.29 is 9.13 Å². The van der Waals surface area contributed by atoms with Gasteiger partial charge in [-0.3, -0.25) is 0 Å². The summed E-state index contributed by atoms with van der Waals surface area (Å²) >= 11 is 0. The van der Waals surface area contributed by atoms with Gasteiger partial charge in [-0.1, -0.05) is 0 Å². The van der Waals surface area contributed by atoms with Gasteiger partial charge in [0.2, 0.25) is 0 Å². The third kappa shape index (κ3) is 1.08. The summed E-state index contributed by atoms with van der Waals surface area (Å²) in [4.78, 5) is 2.98. The van der Waals surface area contributed by atoms with Crippen LogP contribution in [0.3, 0.4) is 0 Å². The van der Waals surface area contributed by atoms with Crippen molar-refractivity contribution in [2.75, 3.05) is 7.11 Å². The van der Waals surface area contributed by atoms with Gasteiger partial charge in [-0.05, 0) is 24.6 Å². The average molecular weight is 179 g/mol. The van der Waals surface area contributed by atoms with E-state index in [2.05, 4.69) is 4.98 Å². The summed E-state index contributed by atoms with van der Waals surface area (Å²) in [6, 6.07) is 3.17. The molecule has 0 aliphatic carbocycles. The van der Waals surface area contributed by atoms with Crippen LogP contribution in [0.25, 0.3) is 10.9 Å². The smallest absolute Gasteiger partial charge is 0.178 e. The van der Waals surface area contributed by atoms with Crippen molar-refractivity contribution in [2.45, 2.75) is 6.92 Å². The number of aromatic amines is 1. The van der Waals surface area contributed by atoms with E-state index in [1.807, 2.05) is 13.1 Å². The Kier molecular flexibility index (Phi) is 1.72. The summed E-state index contributed by atoms with van der Waals surface area (Å²) in [6.07, 6.45) is 1.84. The van der Waals surface area contributed by atoms with Crippen LogP contribution in [0, 0.1) is 12.7 Å². The molecule has 0 unspecified atom stereocenters. The maximum atomic E-state index is 13.2. The Morgan fingerprint density at radius 2 is 2.15 bits per heavy atom. The van der Waals surface area contributed by atoms with Crippen LogP contribution in [0.2, 0.25) is 0 Å². The Hall–Kier alpha value is -1.51. The van der Waals surface area contributed by atoms with E-state index in [1.54, 1.807) is 6.07 Å². The summed E-state index contributed by atoms with van der Waals surface area (Å²) in [7, 11) is 1.47. The standard InChI is InChI=1S/C10H10FNO/c1-6-5-12-9-7(6)3-4-8(11)10(9)13-2/h3-5,12H,1-2H3. The number of halogens is 1. The molecule has 0 saturated carbocycles. The molecule has 0 aliphatic heterocycles. The second kappa shape index (κ2) is 2.76. The van der Waals surface area contributed by atoms with E-state index in [1.165, 1.54) is 13.2 Å². The molecule has 2 nitrogen and oxygen atoms in total. The summed E-state index contributed by atoms with van der Waals surface area (Å²) in [6.45, 7) is 1.97. The molecule has 2 rings (SSSR count). The lowest BCUT2D eigenvalue weighted by atomic mass is 10.2. The predicted octanol–water partition coefficient (Wildman–Crippen LogP) is 2.62. The molecule has 0 fully saturated rings. The van der Waals surface area contributed by atoms with Crippen molar-refractivity contribution >= 4 is 10.9 Å². The molecule has 68 valence electrons. The highest BCUT2D eigenvalue weighted by Crippen LogP contribution is 2.29. The number of nitrogens with one attached hydrogen (secondary N) is 1. The number of hydrogen-bond donors (Lipinski definition) is 1. The zero-order chi connectivity index (χ0) is 9.42. The van der Waals surface area contributed by atoms with Gasteiger partial charge >= 0.3 is 0 Å². The molecular formula is C10H10FNO. The van der Waals surface area contributed by atoms with Gasteiger partial charge in [-0.2, -0.15) is 0 Å². The summed E-state index contributed by atoms with van der Waals surface area (Å²) in [5.74, 6) is -0.0533. The summed E-state index contributed by atoms with van der Waals surface area (Å²) in [5.41, 5.74) is 1.81. The number of ether oxygens (including phenoxy) is 1. The topological polar surface area (TPSA) is 25.0 Å². The van der Waals surface area contributed by atoms with E-state index in [0.717, 1.165) is 16.5 Å². The van der Waals surface area contributed by atoms with Crippen LogP contribution in [-0.2, 0) is 0 Å². The third-order valence-corrected chi connectivity index (χ3v) is 2.17. The number of methoxy groups -OCH3 is 1. The van der Waals surface area contributed by atoms with Crippen molar-refractivity contribution in [1.29, 1.82) is 0 Å². The number of fused-ring (bicyclic) bond motifs is 1. The molecule has 1 aromatic carbocycles. The van der Waals surface area contributed by atoms with Crippen LogP contribution >= 0.6 is 0 Å². The maximum Gasteiger partial charge on any atom is 0.178 e. The van der Waals surface area contributed by atoms with Crippen molar-refractivity contribution in [3.63, 3.8) is 0 Å². The van der Waals surface area contributed by atoms with E-state index in [0.29, 0.717) is 0 Å². The number of H-pyrrole nitrogens is 1. The number of aromatic nitrogens is 1. The van der Waals surface area contributed by atoms with Crippen LogP contribution in [0.4, 0.5) is 4.39 Å². The Labute approximate surface area is 75.3 Å². The molecule has 3 heteroatoms. The van der Waals surface area contributed by atoms with Crippen molar-refractivity contribution in [1.82, 2.24) is 4.98 Å². The van der Waals surface area contributed by atoms with Gasteiger partial charge in [0.25, 0.3) is 0 Å². The number of aryl methyl sites for hydroxylation is 1. The largest absolute Gasteiger partial charge is 0.492 e. The Morgan fingerprint density at radius 1 is 1.38 bits per heavy atom. The molecule has 1 heterocycles. The first-order valence-corrected chi connectivity index (χ1v) is 4.04. The lowest BCUT2D eigenvalue weighted by Crippen LogP contribution is -1.88. The normalized spacial score (nSPS) is 10.7. The van der Waals surface area contributed by atoms with Crippen LogP contribution < -0.4 is 4.74 Å². The quantitative estimate of drug-likeness (QED) is 0.715. The lowest BCUT2D eigenvalue weighted by molar-refractivity contribution is 0.391. The Morgan fingerprint density at radius 3 is 2.85 bits per heavy atom. The molecular weight excluding hydrogens is 169 g/mol. The molecule has 1 aromatic heterocycles. The summed E-state index contributed by atoms with van der Waals surface area (Å²) in [5, 5.41) is 0.998. The minimum absolute atomic E-state index is 0.283. The SMILES string of the molecule is COc1c(F)ccc2c(C)c[nH]c12. The molecule has 2 aromatic rings. The average Bonchev–Trinajstić information content (AvgIpc) is 2.48. The first-order valence-electron chi connectivity index (χ1n) is 4.04. The highest BCUT2D eigenvalue weighted by molar-refractivity contribution is 5.88. The van der Waals surface area contributed by atoms with Crippen molar-refractivity contribution in [3.8, 4) is 5.75 Å². The van der Waals surface area contributed by atoms with Gasteiger partial charge in [-0.15, -0.1) is 0 Å².